The molecule has 1 atom stereocenters. The van der Waals surface area contributed by atoms with E-state index in [0.29, 0.717) is 0 Å². The van der Waals surface area contributed by atoms with Gasteiger partial charge in [-0.05, 0) is 60.4 Å². The summed E-state index contributed by atoms with van der Waals surface area (Å²) in [7, 11) is 0. The minimum atomic E-state index is 0.154. The van der Waals surface area contributed by atoms with E-state index < -0.39 is 0 Å². The Hall–Kier alpha value is -1.19. The lowest BCUT2D eigenvalue weighted by atomic mass is 9.98. The van der Waals surface area contributed by atoms with E-state index in [9.17, 15) is 0 Å². The van der Waals surface area contributed by atoms with E-state index in [4.69, 9.17) is 0 Å². The van der Waals surface area contributed by atoms with E-state index >= 15 is 0 Å². The van der Waals surface area contributed by atoms with Crippen LogP contribution < -0.4 is 5.32 Å². The third-order valence-corrected chi connectivity index (χ3v) is 3.69. The number of nitrogens with one attached hydrogen (secondary N) is 1. The molecule has 0 spiro atoms. The fourth-order valence-corrected chi connectivity index (χ4v) is 2.65. The van der Waals surface area contributed by atoms with E-state index in [2.05, 4.69) is 71.3 Å². The topological polar surface area (TPSA) is 24.9 Å². The molecule has 106 valence electrons. The molecule has 0 aliphatic rings. The van der Waals surface area contributed by atoms with Gasteiger partial charge in [-0.25, -0.2) is 0 Å². The van der Waals surface area contributed by atoms with Crippen LogP contribution in [-0.4, -0.2) is 11.5 Å². The normalized spacial score (nSPS) is 12.4. The summed E-state index contributed by atoms with van der Waals surface area (Å²) >= 11 is 3.44. The lowest BCUT2D eigenvalue weighted by Crippen LogP contribution is -2.24. The SMILES string of the molecule is CCCNC(c1cc(C)cc(C)c1)c1ccc(Br)cn1. The van der Waals surface area contributed by atoms with Gasteiger partial charge in [0.2, 0.25) is 0 Å². The van der Waals surface area contributed by atoms with Gasteiger partial charge >= 0.3 is 0 Å². The molecule has 0 aliphatic heterocycles. The van der Waals surface area contributed by atoms with Crippen molar-refractivity contribution in [2.75, 3.05) is 6.54 Å². The van der Waals surface area contributed by atoms with Crippen molar-refractivity contribution in [1.82, 2.24) is 10.3 Å². The summed E-state index contributed by atoms with van der Waals surface area (Å²) in [5, 5.41) is 3.60. The minimum Gasteiger partial charge on any atom is -0.305 e. The molecule has 1 aromatic carbocycles. The molecule has 1 N–H and O–H groups in total. The molecule has 2 nitrogen and oxygen atoms in total. The summed E-state index contributed by atoms with van der Waals surface area (Å²) in [6, 6.07) is 11.0. The van der Waals surface area contributed by atoms with Crippen LogP contribution in [-0.2, 0) is 0 Å². The van der Waals surface area contributed by atoms with Crippen LogP contribution in [0.4, 0.5) is 0 Å². The number of pyridine rings is 1. The highest BCUT2D eigenvalue weighted by atomic mass is 79.9. The van der Waals surface area contributed by atoms with E-state index in [1.807, 2.05) is 12.3 Å². The predicted molar refractivity (Wildman–Crippen MR) is 88.0 cm³/mol. The fraction of sp³-hybridized carbons (Fsp3) is 0.353. The molecule has 20 heavy (non-hydrogen) atoms. The predicted octanol–water partition coefficient (Wildman–Crippen LogP) is 4.55. The van der Waals surface area contributed by atoms with Gasteiger partial charge in [0.05, 0.1) is 11.7 Å². The van der Waals surface area contributed by atoms with Crippen LogP contribution in [0, 0.1) is 13.8 Å². The largest absolute Gasteiger partial charge is 0.305 e. The third-order valence-electron chi connectivity index (χ3n) is 3.22. The zero-order chi connectivity index (χ0) is 14.5. The Morgan fingerprint density at radius 1 is 1.15 bits per heavy atom. The minimum absolute atomic E-state index is 0.154. The van der Waals surface area contributed by atoms with Crippen LogP contribution in [0.5, 0.6) is 0 Å². The summed E-state index contributed by atoms with van der Waals surface area (Å²) < 4.78 is 1.01. The summed E-state index contributed by atoms with van der Waals surface area (Å²) in [4.78, 5) is 4.56. The average molecular weight is 333 g/mol. The van der Waals surface area contributed by atoms with Crippen LogP contribution in [0.3, 0.4) is 0 Å². The zero-order valence-electron chi connectivity index (χ0n) is 12.3. The quantitative estimate of drug-likeness (QED) is 0.868. The lowest BCUT2D eigenvalue weighted by Gasteiger charge is -2.20. The highest BCUT2D eigenvalue weighted by Gasteiger charge is 2.15. The smallest absolute Gasteiger partial charge is 0.0751 e. The van der Waals surface area contributed by atoms with Crippen LogP contribution >= 0.6 is 15.9 Å². The van der Waals surface area contributed by atoms with Crippen molar-refractivity contribution in [3.63, 3.8) is 0 Å². The van der Waals surface area contributed by atoms with Gasteiger partial charge in [0.25, 0.3) is 0 Å². The molecule has 2 rings (SSSR count). The van der Waals surface area contributed by atoms with Gasteiger partial charge in [-0.2, -0.15) is 0 Å². The van der Waals surface area contributed by atoms with Crippen LogP contribution in [0.25, 0.3) is 0 Å². The van der Waals surface area contributed by atoms with Crippen molar-refractivity contribution in [2.24, 2.45) is 0 Å². The second-order valence-corrected chi connectivity index (χ2v) is 6.13. The van der Waals surface area contributed by atoms with Crippen molar-refractivity contribution in [3.8, 4) is 0 Å². The number of benzene rings is 1. The molecular formula is C17H21BrN2. The number of rotatable bonds is 5. The van der Waals surface area contributed by atoms with Crippen LogP contribution in [0.2, 0.25) is 0 Å². The van der Waals surface area contributed by atoms with Gasteiger partial charge in [-0.15, -0.1) is 0 Å². The van der Waals surface area contributed by atoms with Crippen molar-refractivity contribution < 1.29 is 0 Å². The Morgan fingerprint density at radius 3 is 2.40 bits per heavy atom. The highest BCUT2D eigenvalue weighted by Crippen LogP contribution is 2.23. The van der Waals surface area contributed by atoms with Gasteiger partial charge in [-0.1, -0.05) is 36.2 Å². The fourth-order valence-electron chi connectivity index (χ4n) is 2.42. The second kappa shape index (κ2) is 7.00. The Labute approximate surface area is 129 Å². The van der Waals surface area contributed by atoms with E-state index in [1.165, 1.54) is 16.7 Å². The first-order valence-electron chi connectivity index (χ1n) is 7.03. The van der Waals surface area contributed by atoms with Gasteiger partial charge in [-0.3, -0.25) is 4.98 Å². The molecule has 1 aromatic heterocycles. The molecule has 1 unspecified atom stereocenters. The first-order chi connectivity index (χ1) is 9.60. The van der Waals surface area contributed by atoms with Crippen molar-refractivity contribution in [1.29, 1.82) is 0 Å². The maximum absolute atomic E-state index is 4.56. The molecule has 3 heteroatoms. The maximum atomic E-state index is 4.56. The summed E-state index contributed by atoms with van der Waals surface area (Å²) in [6.45, 7) is 7.45. The van der Waals surface area contributed by atoms with Crippen LogP contribution in [0.15, 0.2) is 41.0 Å². The molecule has 1 heterocycles. The van der Waals surface area contributed by atoms with Gasteiger partial charge in [0, 0.05) is 10.7 Å². The molecule has 0 saturated carbocycles. The van der Waals surface area contributed by atoms with Gasteiger partial charge in [0.15, 0.2) is 0 Å². The molecule has 0 amide bonds. The first-order valence-corrected chi connectivity index (χ1v) is 7.82. The van der Waals surface area contributed by atoms with E-state index in [0.717, 1.165) is 23.1 Å². The number of aromatic nitrogens is 1. The average Bonchev–Trinajstić information content (AvgIpc) is 2.40. The highest BCUT2D eigenvalue weighted by molar-refractivity contribution is 9.10. The third kappa shape index (κ3) is 3.90. The number of hydrogen-bond acceptors (Lipinski definition) is 2. The second-order valence-electron chi connectivity index (χ2n) is 5.21. The Balaban J connectivity index is 2.38. The molecule has 0 fully saturated rings. The molecule has 0 aliphatic carbocycles. The summed E-state index contributed by atoms with van der Waals surface area (Å²) in [5.41, 5.74) is 4.93. The molecule has 0 bridgehead atoms. The van der Waals surface area contributed by atoms with Gasteiger partial charge < -0.3 is 5.32 Å². The summed E-state index contributed by atoms with van der Waals surface area (Å²) in [5.74, 6) is 0. The monoisotopic (exact) mass is 332 g/mol. The Kier molecular flexibility index (Phi) is 5.32. The van der Waals surface area contributed by atoms with E-state index in [1.54, 1.807) is 0 Å². The Bertz CT molecular complexity index is 543. The molecule has 0 radical (unpaired) electrons. The Morgan fingerprint density at radius 2 is 1.85 bits per heavy atom. The number of aryl methyl sites for hydroxylation is 2. The zero-order valence-corrected chi connectivity index (χ0v) is 13.9. The van der Waals surface area contributed by atoms with Crippen molar-refractivity contribution in [3.05, 3.63) is 63.4 Å². The van der Waals surface area contributed by atoms with Crippen molar-refractivity contribution >= 4 is 15.9 Å². The molecule has 0 saturated heterocycles. The maximum Gasteiger partial charge on any atom is 0.0751 e. The lowest BCUT2D eigenvalue weighted by molar-refractivity contribution is 0.586. The standard InChI is InChI=1S/C17H21BrN2/c1-4-7-19-17(16-6-5-15(18)11-20-16)14-9-12(2)8-13(3)10-14/h5-6,8-11,17,19H,4,7H2,1-3H3. The first kappa shape index (κ1) is 15.2. The van der Waals surface area contributed by atoms with E-state index in [-0.39, 0.29) is 6.04 Å². The molecule has 2 aromatic rings. The molecular weight excluding hydrogens is 312 g/mol. The number of hydrogen-bond donors (Lipinski definition) is 1. The summed E-state index contributed by atoms with van der Waals surface area (Å²) in [6.07, 6.45) is 2.97. The van der Waals surface area contributed by atoms with Crippen molar-refractivity contribution in [2.45, 2.75) is 33.2 Å². The van der Waals surface area contributed by atoms with Crippen LogP contribution in [0.1, 0.15) is 41.8 Å². The number of nitrogens with zero attached hydrogens (tertiary/aromatic N) is 1. The number of halogens is 1. The van der Waals surface area contributed by atoms with Gasteiger partial charge in [0.1, 0.15) is 0 Å².